The lowest BCUT2D eigenvalue weighted by Gasteiger charge is -2.45. The van der Waals surface area contributed by atoms with Crippen molar-refractivity contribution >= 4 is 0 Å². The molecule has 0 aliphatic carbocycles. The first-order valence-electron chi connectivity index (χ1n) is 11.7. The van der Waals surface area contributed by atoms with E-state index in [0.29, 0.717) is 13.2 Å². The molecule has 0 amide bonds. The van der Waals surface area contributed by atoms with Gasteiger partial charge in [0.1, 0.15) is 6.10 Å². The predicted octanol–water partition coefficient (Wildman–Crippen LogP) is 6.13. The molecule has 31 heavy (non-hydrogen) atoms. The lowest BCUT2D eigenvalue weighted by molar-refractivity contribution is -0.304. The first-order valence-corrected chi connectivity index (χ1v) is 11.7. The molecule has 2 aromatic carbocycles. The number of hydrogen-bond acceptors (Lipinski definition) is 4. The van der Waals surface area contributed by atoms with Crippen LogP contribution in [0.4, 0.5) is 0 Å². The molecule has 6 atom stereocenters. The Morgan fingerprint density at radius 2 is 1.39 bits per heavy atom. The van der Waals surface area contributed by atoms with E-state index in [4.69, 9.17) is 18.9 Å². The van der Waals surface area contributed by atoms with Crippen molar-refractivity contribution in [3.63, 3.8) is 0 Å². The molecule has 0 radical (unpaired) electrons. The standard InChI is InChI=1S/C27H38O4/c1-5-13-20(3)30-27-21(4)25(28-18-22-14-9-7-10-15-22)26(24(6-2)31-27)29-19-23-16-11-8-12-17-23/h7-12,14-17,20-21,24-27H,5-6,13,18-19H2,1-4H3/t20-,21+,24+,25+,26+,27+/m0/s1. The summed E-state index contributed by atoms with van der Waals surface area (Å²) in [6.07, 6.45) is 2.50. The van der Waals surface area contributed by atoms with Gasteiger partial charge in [0.2, 0.25) is 0 Å². The van der Waals surface area contributed by atoms with Crippen molar-refractivity contribution in [2.75, 3.05) is 0 Å². The zero-order valence-electron chi connectivity index (χ0n) is 19.4. The summed E-state index contributed by atoms with van der Waals surface area (Å²) in [5, 5.41) is 0. The molecule has 0 saturated carbocycles. The third-order valence-corrected chi connectivity index (χ3v) is 5.98. The summed E-state index contributed by atoms with van der Waals surface area (Å²) in [6, 6.07) is 20.6. The van der Waals surface area contributed by atoms with E-state index >= 15 is 0 Å². The van der Waals surface area contributed by atoms with Gasteiger partial charge in [0.05, 0.1) is 31.5 Å². The minimum Gasteiger partial charge on any atom is -0.370 e. The Balaban J connectivity index is 1.75. The van der Waals surface area contributed by atoms with Crippen molar-refractivity contribution in [2.24, 2.45) is 5.92 Å². The van der Waals surface area contributed by atoms with Crippen LogP contribution in [0.15, 0.2) is 60.7 Å². The molecule has 4 heteroatoms. The van der Waals surface area contributed by atoms with E-state index in [9.17, 15) is 0 Å². The fourth-order valence-corrected chi connectivity index (χ4v) is 4.21. The van der Waals surface area contributed by atoms with Crippen LogP contribution in [0.25, 0.3) is 0 Å². The van der Waals surface area contributed by atoms with Gasteiger partial charge in [0.15, 0.2) is 6.29 Å². The highest BCUT2D eigenvalue weighted by atomic mass is 16.7. The van der Waals surface area contributed by atoms with Crippen molar-refractivity contribution in [2.45, 2.75) is 90.9 Å². The van der Waals surface area contributed by atoms with Crippen molar-refractivity contribution in [3.8, 4) is 0 Å². The van der Waals surface area contributed by atoms with E-state index in [2.05, 4.69) is 52.0 Å². The highest BCUT2D eigenvalue weighted by molar-refractivity contribution is 5.14. The zero-order valence-corrected chi connectivity index (χ0v) is 19.4. The molecule has 0 unspecified atom stereocenters. The second kappa shape index (κ2) is 12.4. The minimum atomic E-state index is -0.288. The van der Waals surface area contributed by atoms with Crippen molar-refractivity contribution in [1.82, 2.24) is 0 Å². The van der Waals surface area contributed by atoms with E-state index < -0.39 is 0 Å². The molecule has 1 saturated heterocycles. The molecule has 170 valence electrons. The maximum Gasteiger partial charge on any atom is 0.163 e. The van der Waals surface area contributed by atoms with Crippen LogP contribution in [0.3, 0.4) is 0 Å². The molecule has 0 spiro atoms. The predicted molar refractivity (Wildman–Crippen MR) is 124 cm³/mol. The van der Waals surface area contributed by atoms with Crippen LogP contribution in [0.1, 0.15) is 58.1 Å². The highest BCUT2D eigenvalue weighted by Gasteiger charge is 2.45. The Morgan fingerprint density at radius 1 is 0.839 bits per heavy atom. The highest BCUT2D eigenvalue weighted by Crippen LogP contribution is 2.34. The molecule has 0 N–H and O–H groups in total. The van der Waals surface area contributed by atoms with Crippen LogP contribution in [-0.4, -0.2) is 30.7 Å². The van der Waals surface area contributed by atoms with E-state index in [1.54, 1.807) is 0 Å². The number of rotatable bonds is 11. The number of benzene rings is 2. The second-order valence-corrected chi connectivity index (χ2v) is 8.57. The average Bonchev–Trinajstić information content (AvgIpc) is 2.80. The SMILES string of the molecule is CCC[C@H](C)O[C@@H]1O[C@H](CC)[C@@H](OCc2ccccc2)[C@H](OCc2ccccc2)[C@H]1C. The maximum atomic E-state index is 6.50. The van der Waals surface area contributed by atoms with Crippen LogP contribution in [0, 0.1) is 5.92 Å². The first-order chi connectivity index (χ1) is 15.1. The summed E-state index contributed by atoms with van der Waals surface area (Å²) in [7, 11) is 0. The quantitative estimate of drug-likeness (QED) is 0.433. The van der Waals surface area contributed by atoms with E-state index in [0.717, 1.165) is 30.4 Å². The number of ether oxygens (including phenoxy) is 4. The van der Waals surface area contributed by atoms with Crippen LogP contribution in [0.5, 0.6) is 0 Å². The Bertz CT molecular complexity index is 735. The zero-order chi connectivity index (χ0) is 22.1. The molecule has 1 aliphatic heterocycles. The first kappa shape index (κ1) is 23.9. The van der Waals surface area contributed by atoms with Crippen LogP contribution in [-0.2, 0) is 32.2 Å². The van der Waals surface area contributed by atoms with Crippen LogP contribution in [0.2, 0.25) is 0 Å². The van der Waals surface area contributed by atoms with Gasteiger partial charge in [-0.25, -0.2) is 0 Å². The summed E-state index contributed by atoms with van der Waals surface area (Å²) < 4.78 is 25.7. The molecule has 1 aliphatic rings. The van der Waals surface area contributed by atoms with Crippen molar-refractivity contribution in [1.29, 1.82) is 0 Å². The summed E-state index contributed by atoms with van der Waals surface area (Å²) in [5.74, 6) is 0.0617. The summed E-state index contributed by atoms with van der Waals surface area (Å²) in [5.41, 5.74) is 2.31. The molecule has 1 fully saturated rings. The van der Waals surface area contributed by atoms with Gasteiger partial charge in [-0.05, 0) is 30.9 Å². The van der Waals surface area contributed by atoms with Crippen molar-refractivity contribution < 1.29 is 18.9 Å². The third kappa shape index (κ3) is 6.88. The van der Waals surface area contributed by atoms with Gasteiger partial charge in [0, 0.05) is 5.92 Å². The Labute approximate surface area is 187 Å². The molecular formula is C27H38O4. The molecule has 0 bridgehead atoms. The van der Waals surface area contributed by atoms with E-state index in [-0.39, 0.29) is 36.6 Å². The van der Waals surface area contributed by atoms with E-state index in [1.165, 1.54) is 0 Å². The molecule has 3 rings (SSSR count). The number of hydrogen-bond donors (Lipinski definition) is 0. The Morgan fingerprint density at radius 3 is 1.90 bits per heavy atom. The summed E-state index contributed by atoms with van der Waals surface area (Å²) in [4.78, 5) is 0. The fraction of sp³-hybridized carbons (Fsp3) is 0.556. The van der Waals surface area contributed by atoms with E-state index in [1.807, 2.05) is 36.4 Å². The molecule has 1 heterocycles. The largest absolute Gasteiger partial charge is 0.370 e. The topological polar surface area (TPSA) is 36.9 Å². The van der Waals surface area contributed by atoms with Gasteiger partial charge < -0.3 is 18.9 Å². The second-order valence-electron chi connectivity index (χ2n) is 8.57. The Hall–Kier alpha value is -1.72. The molecule has 2 aromatic rings. The summed E-state index contributed by atoms with van der Waals surface area (Å²) in [6.45, 7) is 9.69. The van der Waals surface area contributed by atoms with Gasteiger partial charge in [-0.1, -0.05) is 87.9 Å². The van der Waals surface area contributed by atoms with Gasteiger partial charge in [-0.2, -0.15) is 0 Å². The average molecular weight is 427 g/mol. The normalized spacial score (nSPS) is 27.2. The van der Waals surface area contributed by atoms with Gasteiger partial charge in [-0.15, -0.1) is 0 Å². The monoisotopic (exact) mass is 426 g/mol. The minimum absolute atomic E-state index is 0.0617. The van der Waals surface area contributed by atoms with Crippen LogP contribution >= 0.6 is 0 Å². The fourth-order valence-electron chi connectivity index (χ4n) is 4.21. The lowest BCUT2D eigenvalue weighted by Crippen LogP contribution is -2.56. The smallest absolute Gasteiger partial charge is 0.163 e. The maximum absolute atomic E-state index is 6.50. The van der Waals surface area contributed by atoms with Gasteiger partial charge >= 0.3 is 0 Å². The molecule has 0 aromatic heterocycles. The van der Waals surface area contributed by atoms with Crippen molar-refractivity contribution in [3.05, 3.63) is 71.8 Å². The van der Waals surface area contributed by atoms with Gasteiger partial charge in [-0.3, -0.25) is 0 Å². The Kier molecular flexibility index (Phi) is 9.54. The third-order valence-electron chi connectivity index (χ3n) is 5.98. The molecular weight excluding hydrogens is 388 g/mol. The van der Waals surface area contributed by atoms with Gasteiger partial charge in [0.25, 0.3) is 0 Å². The summed E-state index contributed by atoms with van der Waals surface area (Å²) >= 11 is 0. The van der Waals surface area contributed by atoms with Crippen LogP contribution < -0.4 is 0 Å². The lowest BCUT2D eigenvalue weighted by atomic mass is 9.90. The molecule has 4 nitrogen and oxygen atoms in total.